The van der Waals surface area contributed by atoms with Crippen molar-refractivity contribution in [2.24, 2.45) is 0 Å². The normalized spacial score (nSPS) is 12.2. The number of benzene rings is 1. The Labute approximate surface area is 118 Å². The molecule has 1 heterocycles. The average molecular weight is 298 g/mol. The maximum Gasteiger partial charge on any atom is 0.433 e. The third-order valence-electron chi connectivity index (χ3n) is 2.94. The molecule has 1 unspecified atom stereocenters. The van der Waals surface area contributed by atoms with Gasteiger partial charge < -0.3 is 14.5 Å². The van der Waals surface area contributed by atoms with Crippen LogP contribution in [0.2, 0.25) is 0 Å². The predicted molar refractivity (Wildman–Crippen MR) is 69.2 cm³/mol. The second-order valence-corrected chi connectivity index (χ2v) is 4.16. The van der Waals surface area contributed by atoms with Crippen LogP contribution in [0.4, 0.5) is 14.7 Å². The molecule has 1 aromatic carbocycles. The number of methoxy groups -OCH3 is 1. The topological polar surface area (TPSA) is 77.5 Å². The van der Waals surface area contributed by atoms with E-state index in [2.05, 4.69) is 5.32 Å². The Kier molecular flexibility index (Phi) is 4.18. The number of halogens is 2. The molecule has 0 aliphatic carbocycles. The Balaban J connectivity index is 2.48. The molecular formula is C13H12F2N2O4. The molecule has 8 heteroatoms. The Morgan fingerprint density at radius 3 is 2.38 bits per heavy atom. The van der Waals surface area contributed by atoms with E-state index in [4.69, 9.17) is 9.15 Å². The number of nitrogens with zero attached hydrogens (tertiary/aromatic N) is 1. The van der Waals surface area contributed by atoms with Gasteiger partial charge in [-0.2, -0.15) is 0 Å². The first-order valence-corrected chi connectivity index (χ1v) is 5.92. The lowest BCUT2D eigenvalue weighted by molar-refractivity contribution is -0.402. The van der Waals surface area contributed by atoms with Crippen LogP contribution in [0.25, 0.3) is 0 Å². The van der Waals surface area contributed by atoms with E-state index in [1.54, 1.807) is 0 Å². The summed E-state index contributed by atoms with van der Waals surface area (Å²) in [6, 6.07) is 3.48. The summed E-state index contributed by atoms with van der Waals surface area (Å²) in [5.41, 5.74) is -0.303. The quantitative estimate of drug-likeness (QED) is 0.678. The van der Waals surface area contributed by atoms with E-state index in [1.807, 2.05) is 0 Å². The number of nitrogens with one attached hydrogen (secondary N) is 1. The third kappa shape index (κ3) is 2.84. The van der Waals surface area contributed by atoms with Gasteiger partial charge in [0, 0.05) is 17.7 Å². The minimum atomic E-state index is -0.996. The molecule has 0 aliphatic heterocycles. The molecular weight excluding hydrogens is 286 g/mol. The number of rotatable bonds is 5. The molecule has 2 rings (SSSR count). The second kappa shape index (κ2) is 5.88. The number of hydrogen-bond donors (Lipinski definition) is 1. The Morgan fingerprint density at radius 1 is 1.33 bits per heavy atom. The van der Waals surface area contributed by atoms with Gasteiger partial charge in [-0.05, 0) is 13.1 Å². The van der Waals surface area contributed by atoms with Crippen LogP contribution in [0, 0.1) is 21.7 Å². The summed E-state index contributed by atoms with van der Waals surface area (Å²) in [5, 5.41) is 13.3. The highest BCUT2D eigenvalue weighted by atomic mass is 19.1. The van der Waals surface area contributed by atoms with E-state index >= 15 is 0 Å². The van der Waals surface area contributed by atoms with E-state index in [1.165, 1.54) is 20.2 Å². The van der Waals surface area contributed by atoms with Gasteiger partial charge in [0.25, 0.3) is 0 Å². The average Bonchev–Trinajstić information content (AvgIpc) is 2.92. The molecule has 1 N–H and O–H groups in total. The van der Waals surface area contributed by atoms with Crippen LogP contribution in [0.15, 0.2) is 28.7 Å². The molecule has 21 heavy (non-hydrogen) atoms. The van der Waals surface area contributed by atoms with Crippen molar-refractivity contribution in [2.75, 3.05) is 14.2 Å². The van der Waals surface area contributed by atoms with E-state index in [-0.39, 0.29) is 17.1 Å². The summed E-state index contributed by atoms with van der Waals surface area (Å²) in [6.45, 7) is 0. The molecule has 2 aromatic rings. The van der Waals surface area contributed by atoms with Gasteiger partial charge in [-0.25, -0.2) is 8.78 Å². The van der Waals surface area contributed by atoms with Crippen LogP contribution in [0.1, 0.15) is 17.4 Å². The summed E-state index contributed by atoms with van der Waals surface area (Å²) in [4.78, 5) is 9.88. The molecule has 0 saturated heterocycles. The molecule has 6 nitrogen and oxygen atoms in total. The zero-order chi connectivity index (χ0) is 15.6. The summed E-state index contributed by atoms with van der Waals surface area (Å²) in [5.74, 6) is -2.11. The molecule has 1 aromatic heterocycles. The van der Waals surface area contributed by atoms with Crippen LogP contribution in [0.5, 0.6) is 5.75 Å². The van der Waals surface area contributed by atoms with Crippen molar-refractivity contribution in [3.05, 3.63) is 57.3 Å². The van der Waals surface area contributed by atoms with Gasteiger partial charge in [-0.1, -0.05) is 0 Å². The second-order valence-electron chi connectivity index (χ2n) is 4.16. The van der Waals surface area contributed by atoms with Gasteiger partial charge in [0.05, 0.1) is 19.2 Å². The van der Waals surface area contributed by atoms with Crippen LogP contribution >= 0.6 is 0 Å². The van der Waals surface area contributed by atoms with Crippen LogP contribution in [0.3, 0.4) is 0 Å². The molecule has 0 radical (unpaired) electrons. The first kappa shape index (κ1) is 14.9. The van der Waals surface area contributed by atoms with Crippen molar-refractivity contribution in [2.45, 2.75) is 6.04 Å². The van der Waals surface area contributed by atoms with Crippen LogP contribution < -0.4 is 10.1 Å². The fourth-order valence-electron chi connectivity index (χ4n) is 1.98. The number of ether oxygens (including phenoxy) is 1. The number of nitro groups is 1. The minimum Gasteiger partial charge on any atom is -0.497 e. The third-order valence-corrected chi connectivity index (χ3v) is 2.94. The maximum absolute atomic E-state index is 14.1. The number of hydrogen-bond acceptors (Lipinski definition) is 5. The maximum atomic E-state index is 14.1. The van der Waals surface area contributed by atoms with E-state index in [9.17, 15) is 18.9 Å². The highest BCUT2D eigenvalue weighted by Gasteiger charge is 2.26. The predicted octanol–water partition coefficient (Wildman–Crippen LogP) is 2.78. The minimum absolute atomic E-state index is 0.0344. The van der Waals surface area contributed by atoms with Gasteiger partial charge in [0.15, 0.2) is 0 Å². The zero-order valence-corrected chi connectivity index (χ0v) is 11.2. The van der Waals surface area contributed by atoms with Gasteiger partial charge >= 0.3 is 5.88 Å². The zero-order valence-electron chi connectivity index (χ0n) is 11.2. The summed E-state index contributed by atoms with van der Waals surface area (Å²) >= 11 is 0. The fourth-order valence-corrected chi connectivity index (χ4v) is 1.98. The molecule has 1 atom stereocenters. The van der Waals surface area contributed by atoms with Gasteiger partial charge in [0.1, 0.15) is 28.1 Å². The van der Waals surface area contributed by atoms with Crippen molar-refractivity contribution >= 4 is 5.88 Å². The molecule has 0 saturated carbocycles. The van der Waals surface area contributed by atoms with Crippen molar-refractivity contribution in [1.82, 2.24) is 5.32 Å². The molecule has 0 spiro atoms. The summed E-state index contributed by atoms with van der Waals surface area (Å²) in [6.07, 6.45) is 0. The van der Waals surface area contributed by atoms with Crippen molar-refractivity contribution in [1.29, 1.82) is 0 Å². The van der Waals surface area contributed by atoms with E-state index in [0.717, 1.165) is 18.2 Å². The smallest absolute Gasteiger partial charge is 0.433 e. The first-order valence-electron chi connectivity index (χ1n) is 5.92. The molecule has 0 fully saturated rings. The summed E-state index contributed by atoms with van der Waals surface area (Å²) in [7, 11) is 2.75. The lowest BCUT2D eigenvalue weighted by Crippen LogP contribution is -2.20. The fraction of sp³-hybridized carbons (Fsp3) is 0.231. The van der Waals surface area contributed by atoms with Crippen molar-refractivity contribution in [3.8, 4) is 5.75 Å². The van der Waals surface area contributed by atoms with Crippen LogP contribution in [-0.4, -0.2) is 19.1 Å². The lowest BCUT2D eigenvalue weighted by Gasteiger charge is -2.16. The van der Waals surface area contributed by atoms with Crippen molar-refractivity contribution in [3.63, 3.8) is 0 Å². The largest absolute Gasteiger partial charge is 0.497 e. The highest BCUT2D eigenvalue weighted by Crippen LogP contribution is 2.32. The first-order chi connectivity index (χ1) is 9.97. The van der Waals surface area contributed by atoms with Gasteiger partial charge in [-0.3, -0.25) is 10.1 Å². The van der Waals surface area contributed by atoms with E-state index in [0.29, 0.717) is 0 Å². The standard InChI is InChI=1S/C13H12F2N2O4/c1-16-13(10-3-4-11(21-10)17(18)19)12-8(14)5-7(20-2)6-9(12)15/h3-6,13,16H,1-2H3. The molecule has 0 bridgehead atoms. The lowest BCUT2D eigenvalue weighted by atomic mass is 10.0. The van der Waals surface area contributed by atoms with E-state index < -0.39 is 28.5 Å². The molecule has 112 valence electrons. The van der Waals surface area contributed by atoms with Crippen LogP contribution in [-0.2, 0) is 0 Å². The van der Waals surface area contributed by atoms with Gasteiger partial charge in [-0.15, -0.1) is 0 Å². The SMILES string of the molecule is CNC(c1ccc([N+](=O)[O-])o1)c1c(F)cc(OC)cc1F. The van der Waals surface area contributed by atoms with Crippen molar-refractivity contribution < 1.29 is 22.9 Å². The molecule has 0 aliphatic rings. The molecule has 0 amide bonds. The summed E-state index contributed by atoms with van der Waals surface area (Å²) < 4.78 is 37.9. The van der Waals surface area contributed by atoms with Gasteiger partial charge in [0.2, 0.25) is 0 Å². The monoisotopic (exact) mass is 298 g/mol. The highest BCUT2D eigenvalue weighted by molar-refractivity contribution is 5.36. The number of furan rings is 1. The Hall–Kier alpha value is -2.48. The Morgan fingerprint density at radius 2 is 1.95 bits per heavy atom. The Bertz CT molecular complexity index is 649.